The monoisotopic (exact) mass is 320 g/mol. The van der Waals surface area contributed by atoms with Gasteiger partial charge in [0.05, 0.1) is 17.8 Å². The van der Waals surface area contributed by atoms with Crippen molar-refractivity contribution in [2.45, 2.75) is 26.4 Å². The molecule has 2 aromatic rings. The molecule has 0 aliphatic heterocycles. The summed E-state index contributed by atoms with van der Waals surface area (Å²) in [5.74, 6) is -0.121. The fourth-order valence-electron chi connectivity index (χ4n) is 2.48. The first-order valence-electron chi connectivity index (χ1n) is 6.91. The number of aromatic nitrogens is 1. The third-order valence-corrected chi connectivity index (χ3v) is 4.31. The first-order valence-corrected chi connectivity index (χ1v) is 7.79. The van der Waals surface area contributed by atoms with E-state index in [1.165, 1.54) is 0 Å². The van der Waals surface area contributed by atoms with Crippen molar-refractivity contribution < 1.29 is 14.6 Å². The van der Waals surface area contributed by atoms with Crippen LogP contribution < -0.4 is 4.74 Å². The average molecular weight is 320 g/mol. The predicted molar refractivity (Wildman–Crippen MR) is 86.4 cm³/mol. The molecule has 1 atom stereocenters. The van der Waals surface area contributed by atoms with Crippen molar-refractivity contribution in [1.29, 1.82) is 0 Å². The second-order valence-electron chi connectivity index (χ2n) is 5.24. The molecule has 1 N–H and O–H groups in total. The van der Waals surface area contributed by atoms with Gasteiger partial charge in [-0.1, -0.05) is 12.1 Å². The zero-order chi connectivity index (χ0) is 16.3. The second kappa shape index (κ2) is 6.89. The summed E-state index contributed by atoms with van der Waals surface area (Å²) in [5.41, 5.74) is 2.55. The topological polar surface area (TPSA) is 62.7 Å². The molecule has 0 amide bonds. The van der Waals surface area contributed by atoms with Gasteiger partial charge in [-0.25, -0.2) is 4.98 Å². The van der Waals surface area contributed by atoms with Crippen LogP contribution in [-0.4, -0.2) is 35.1 Å². The van der Waals surface area contributed by atoms with Crippen LogP contribution in [0.25, 0.3) is 0 Å². The Morgan fingerprint density at radius 3 is 2.68 bits per heavy atom. The van der Waals surface area contributed by atoms with E-state index in [0.717, 1.165) is 27.6 Å². The Morgan fingerprint density at radius 1 is 1.45 bits per heavy atom. The van der Waals surface area contributed by atoms with Gasteiger partial charge in [-0.05, 0) is 38.1 Å². The summed E-state index contributed by atoms with van der Waals surface area (Å²) in [6.07, 6.45) is 0. The third kappa shape index (κ3) is 3.64. The van der Waals surface area contributed by atoms with Crippen molar-refractivity contribution >= 4 is 17.3 Å². The van der Waals surface area contributed by atoms with Crippen LogP contribution in [-0.2, 0) is 11.3 Å². The van der Waals surface area contributed by atoms with Gasteiger partial charge in [-0.15, -0.1) is 11.3 Å². The van der Waals surface area contributed by atoms with E-state index in [1.807, 2.05) is 25.3 Å². The molecular weight excluding hydrogens is 300 g/mol. The first kappa shape index (κ1) is 16.5. The van der Waals surface area contributed by atoms with Crippen molar-refractivity contribution in [2.75, 3.05) is 14.2 Å². The maximum absolute atomic E-state index is 11.7. The summed E-state index contributed by atoms with van der Waals surface area (Å²) >= 11 is 1.57. The van der Waals surface area contributed by atoms with Gasteiger partial charge >= 0.3 is 5.97 Å². The highest BCUT2D eigenvalue weighted by molar-refractivity contribution is 7.09. The summed E-state index contributed by atoms with van der Waals surface area (Å²) in [6, 6.07) is 4.75. The van der Waals surface area contributed by atoms with Crippen molar-refractivity contribution in [3.05, 3.63) is 45.4 Å². The molecule has 118 valence electrons. The van der Waals surface area contributed by atoms with Gasteiger partial charge in [0.25, 0.3) is 0 Å². The number of carboxylic acids is 1. The number of thiazole rings is 1. The van der Waals surface area contributed by atoms with Gasteiger partial charge in [-0.2, -0.15) is 0 Å². The number of likely N-dealkylation sites (N-methyl/N-ethyl adjacent to an activating group) is 1. The molecule has 2 rings (SSSR count). The number of methoxy groups -OCH3 is 1. The molecule has 0 bridgehead atoms. The minimum Gasteiger partial charge on any atom is -0.496 e. The van der Waals surface area contributed by atoms with Crippen LogP contribution in [0.2, 0.25) is 0 Å². The number of benzene rings is 1. The third-order valence-electron chi connectivity index (χ3n) is 3.49. The van der Waals surface area contributed by atoms with Crippen LogP contribution in [0.5, 0.6) is 5.75 Å². The van der Waals surface area contributed by atoms with E-state index < -0.39 is 12.0 Å². The molecule has 6 heteroatoms. The Labute approximate surface area is 134 Å². The first-order chi connectivity index (χ1) is 10.4. The molecule has 0 fully saturated rings. The van der Waals surface area contributed by atoms with Crippen LogP contribution in [0.3, 0.4) is 0 Å². The molecule has 0 spiro atoms. The maximum Gasteiger partial charge on any atom is 0.325 e. The summed E-state index contributed by atoms with van der Waals surface area (Å²) in [7, 11) is 3.40. The molecule has 0 aliphatic rings. The summed E-state index contributed by atoms with van der Waals surface area (Å²) in [6.45, 7) is 4.34. The van der Waals surface area contributed by atoms with E-state index in [0.29, 0.717) is 6.54 Å². The lowest BCUT2D eigenvalue weighted by Crippen LogP contribution is -2.30. The van der Waals surface area contributed by atoms with Crippen molar-refractivity contribution in [2.24, 2.45) is 0 Å². The number of aryl methyl sites for hydroxylation is 2. The zero-order valence-corrected chi connectivity index (χ0v) is 14.0. The van der Waals surface area contributed by atoms with Crippen molar-refractivity contribution in [3.63, 3.8) is 0 Å². The molecule has 0 radical (unpaired) electrons. The Bertz CT molecular complexity index is 669. The van der Waals surface area contributed by atoms with E-state index >= 15 is 0 Å². The zero-order valence-electron chi connectivity index (χ0n) is 13.2. The number of ether oxygens (including phenoxy) is 1. The van der Waals surface area contributed by atoms with Crippen LogP contribution in [0.1, 0.15) is 27.9 Å². The highest BCUT2D eigenvalue weighted by Gasteiger charge is 2.25. The Kier molecular flexibility index (Phi) is 5.15. The maximum atomic E-state index is 11.7. The smallest absolute Gasteiger partial charge is 0.325 e. The van der Waals surface area contributed by atoms with E-state index in [-0.39, 0.29) is 0 Å². The van der Waals surface area contributed by atoms with Crippen molar-refractivity contribution in [3.8, 4) is 5.75 Å². The lowest BCUT2D eigenvalue weighted by Gasteiger charge is -2.24. The van der Waals surface area contributed by atoms with Gasteiger partial charge in [0.2, 0.25) is 0 Å². The van der Waals surface area contributed by atoms with Gasteiger partial charge < -0.3 is 9.84 Å². The molecule has 5 nitrogen and oxygen atoms in total. The minimum atomic E-state index is -0.876. The van der Waals surface area contributed by atoms with Crippen LogP contribution in [0.4, 0.5) is 0 Å². The summed E-state index contributed by atoms with van der Waals surface area (Å²) < 4.78 is 5.23. The molecule has 1 aromatic carbocycles. The second-order valence-corrected chi connectivity index (χ2v) is 6.31. The Morgan fingerprint density at radius 2 is 2.18 bits per heavy atom. The highest BCUT2D eigenvalue weighted by Crippen LogP contribution is 2.27. The SMILES string of the molecule is COc1ccc([C@H](C(=O)O)N(C)Cc2csc(C)n2)cc1C. The fraction of sp³-hybridized carbons (Fsp3) is 0.375. The fourth-order valence-corrected chi connectivity index (χ4v) is 3.09. The molecule has 1 aromatic heterocycles. The average Bonchev–Trinajstić information content (AvgIpc) is 2.84. The molecular formula is C16H20N2O3S. The largest absolute Gasteiger partial charge is 0.496 e. The molecule has 0 aliphatic carbocycles. The number of aliphatic carboxylic acids is 1. The van der Waals surface area contributed by atoms with Gasteiger partial charge in [0, 0.05) is 11.9 Å². The Hall–Kier alpha value is -1.92. The quantitative estimate of drug-likeness (QED) is 0.886. The van der Waals surface area contributed by atoms with Gasteiger partial charge in [0.1, 0.15) is 11.8 Å². The lowest BCUT2D eigenvalue weighted by atomic mass is 10.0. The standard InChI is InChI=1S/C16H20N2O3S/c1-10-7-12(5-6-14(10)21-4)15(16(19)20)18(3)8-13-9-22-11(2)17-13/h5-7,9,15H,8H2,1-4H3,(H,19,20)/t15-/m1/s1. The van der Waals surface area contributed by atoms with Crippen LogP contribution in [0.15, 0.2) is 23.6 Å². The Balaban J connectivity index is 2.25. The molecule has 22 heavy (non-hydrogen) atoms. The molecule has 0 unspecified atom stereocenters. The lowest BCUT2D eigenvalue weighted by molar-refractivity contribution is -0.143. The molecule has 1 heterocycles. The number of hydrogen-bond acceptors (Lipinski definition) is 5. The van der Waals surface area contributed by atoms with Crippen LogP contribution in [0, 0.1) is 13.8 Å². The normalized spacial score (nSPS) is 12.4. The summed E-state index contributed by atoms with van der Waals surface area (Å²) in [4.78, 5) is 17.9. The van der Waals surface area contributed by atoms with E-state index in [2.05, 4.69) is 4.98 Å². The van der Waals surface area contributed by atoms with Gasteiger partial charge in [0.15, 0.2) is 0 Å². The van der Waals surface area contributed by atoms with E-state index in [4.69, 9.17) is 4.74 Å². The number of carboxylic acid groups (broad SMARTS) is 1. The van der Waals surface area contributed by atoms with Crippen molar-refractivity contribution in [1.82, 2.24) is 9.88 Å². The molecule has 0 saturated heterocycles. The number of rotatable bonds is 6. The number of nitrogens with zero attached hydrogens (tertiary/aromatic N) is 2. The predicted octanol–water partition coefficient (Wildman–Crippen LogP) is 3.03. The number of carbonyl (C=O) groups is 1. The van der Waals surface area contributed by atoms with Crippen LogP contribution >= 0.6 is 11.3 Å². The van der Waals surface area contributed by atoms with E-state index in [9.17, 15) is 9.90 Å². The number of hydrogen-bond donors (Lipinski definition) is 1. The van der Waals surface area contributed by atoms with Gasteiger partial charge in [-0.3, -0.25) is 9.69 Å². The highest BCUT2D eigenvalue weighted by atomic mass is 32.1. The minimum absolute atomic E-state index is 0.492. The molecule has 0 saturated carbocycles. The van der Waals surface area contributed by atoms with E-state index in [1.54, 1.807) is 42.5 Å². The summed E-state index contributed by atoms with van der Waals surface area (Å²) in [5, 5.41) is 12.6.